The van der Waals surface area contributed by atoms with Gasteiger partial charge in [-0.05, 0) is 35.2 Å². The molecule has 3 aromatic rings. The Morgan fingerprint density at radius 1 is 1.20 bits per heavy atom. The van der Waals surface area contributed by atoms with E-state index in [9.17, 15) is 9.59 Å². The molecule has 2 heterocycles. The maximum Gasteiger partial charge on any atom is 0.264 e. The van der Waals surface area contributed by atoms with Crippen molar-refractivity contribution < 1.29 is 9.59 Å². The summed E-state index contributed by atoms with van der Waals surface area (Å²) in [4.78, 5) is 26.2. The molecular formula is C18H18N4O2S. The highest BCUT2D eigenvalue weighted by Crippen LogP contribution is 2.11. The van der Waals surface area contributed by atoms with Crippen LogP contribution in [0.5, 0.6) is 0 Å². The van der Waals surface area contributed by atoms with Gasteiger partial charge in [0.25, 0.3) is 5.91 Å². The highest BCUT2D eigenvalue weighted by atomic mass is 32.1. The lowest BCUT2D eigenvalue weighted by atomic mass is 10.2. The number of carbonyl (C=O) groups is 2. The molecule has 0 fully saturated rings. The van der Waals surface area contributed by atoms with Gasteiger partial charge in [-0.2, -0.15) is 5.10 Å². The molecule has 0 aliphatic rings. The molecule has 1 aromatic carbocycles. The smallest absolute Gasteiger partial charge is 0.264 e. The van der Waals surface area contributed by atoms with Crippen LogP contribution in [0.25, 0.3) is 5.69 Å². The quantitative estimate of drug-likeness (QED) is 0.739. The SMILES string of the molecule is CN(CC(=O)NCc1ccc(-n2cccn2)cc1)C(=O)c1cccs1. The van der Waals surface area contributed by atoms with E-state index in [1.807, 2.05) is 48.0 Å². The van der Waals surface area contributed by atoms with Crippen molar-refractivity contribution in [3.05, 3.63) is 70.7 Å². The Morgan fingerprint density at radius 3 is 2.64 bits per heavy atom. The summed E-state index contributed by atoms with van der Waals surface area (Å²) in [6, 6.07) is 13.2. The van der Waals surface area contributed by atoms with Crippen molar-refractivity contribution >= 4 is 23.2 Å². The Hall–Kier alpha value is -2.93. The van der Waals surface area contributed by atoms with Gasteiger partial charge < -0.3 is 10.2 Å². The molecule has 0 atom stereocenters. The van der Waals surface area contributed by atoms with E-state index in [1.165, 1.54) is 16.2 Å². The van der Waals surface area contributed by atoms with E-state index < -0.39 is 0 Å². The first-order valence-electron chi connectivity index (χ1n) is 7.78. The Bertz CT molecular complexity index is 827. The summed E-state index contributed by atoms with van der Waals surface area (Å²) in [6.45, 7) is 0.446. The number of carbonyl (C=O) groups excluding carboxylic acids is 2. The van der Waals surface area contributed by atoms with Crippen molar-refractivity contribution in [2.45, 2.75) is 6.54 Å². The van der Waals surface area contributed by atoms with E-state index in [-0.39, 0.29) is 18.4 Å². The van der Waals surface area contributed by atoms with E-state index >= 15 is 0 Å². The monoisotopic (exact) mass is 354 g/mol. The summed E-state index contributed by atoms with van der Waals surface area (Å²) in [5, 5.41) is 8.84. The number of amides is 2. The zero-order valence-corrected chi connectivity index (χ0v) is 14.6. The van der Waals surface area contributed by atoms with E-state index in [2.05, 4.69) is 10.4 Å². The normalized spacial score (nSPS) is 10.4. The van der Waals surface area contributed by atoms with Crippen molar-refractivity contribution in [1.29, 1.82) is 0 Å². The summed E-state index contributed by atoms with van der Waals surface area (Å²) in [5.74, 6) is -0.336. The second-order valence-corrected chi connectivity index (χ2v) is 6.48. The van der Waals surface area contributed by atoms with Crippen molar-refractivity contribution in [3.8, 4) is 5.69 Å². The number of nitrogens with one attached hydrogen (secondary N) is 1. The van der Waals surface area contributed by atoms with Crippen LogP contribution in [0.4, 0.5) is 0 Å². The highest BCUT2D eigenvalue weighted by Gasteiger charge is 2.15. The molecule has 0 bridgehead atoms. The third kappa shape index (κ3) is 4.33. The summed E-state index contributed by atoms with van der Waals surface area (Å²) in [6.07, 6.45) is 3.60. The van der Waals surface area contributed by atoms with Gasteiger partial charge in [0, 0.05) is 26.0 Å². The second kappa shape index (κ2) is 7.76. The number of aromatic nitrogens is 2. The molecule has 0 aliphatic heterocycles. The third-order valence-corrected chi connectivity index (χ3v) is 4.51. The van der Waals surface area contributed by atoms with Crippen LogP contribution in [-0.4, -0.2) is 40.1 Å². The van der Waals surface area contributed by atoms with Crippen LogP contribution in [0.3, 0.4) is 0 Å². The minimum Gasteiger partial charge on any atom is -0.350 e. The number of thiophene rings is 1. The van der Waals surface area contributed by atoms with Crippen LogP contribution >= 0.6 is 11.3 Å². The van der Waals surface area contributed by atoms with Crippen molar-refractivity contribution in [2.75, 3.05) is 13.6 Å². The van der Waals surface area contributed by atoms with Gasteiger partial charge >= 0.3 is 0 Å². The highest BCUT2D eigenvalue weighted by molar-refractivity contribution is 7.12. The molecular weight excluding hydrogens is 336 g/mol. The molecule has 2 aromatic heterocycles. The van der Waals surface area contributed by atoms with Gasteiger partial charge in [0.05, 0.1) is 17.1 Å². The largest absolute Gasteiger partial charge is 0.350 e. The molecule has 7 heteroatoms. The number of hydrogen-bond acceptors (Lipinski definition) is 4. The van der Waals surface area contributed by atoms with Crippen LogP contribution < -0.4 is 5.32 Å². The molecule has 0 saturated carbocycles. The van der Waals surface area contributed by atoms with Gasteiger partial charge in [-0.1, -0.05) is 18.2 Å². The van der Waals surface area contributed by atoms with Gasteiger partial charge in [0.2, 0.25) is 5.91 Å². The third-order valence-electron chi connectivity index (χ3n) is 3.65. The second-order valence-electron chi connectivity index (χ2n) is 5.53. The summed E-state index contributed by atoms with van der Waals surface area (Å²) in [5.41, 5.74) is 1.94. The first-order valence-corrected chi connectivity index (χ1v) is 8.66. The lowest BCUT2D eigenvalue weighted by Crippen LogP contribution is -2.37. The Balaban J connectivity index is 1.49. The standard InChI is InChI=1S/C18H18N4O2S/c1-21(18(24)16-4-2-11-25-16)13-17(23)19-12-14-5-7-15(8-6-14)22-10-3-9-20-22/h2-11H,12-13H2,1H3,(H,19,23). The zero-order valence-electron chi connectivity index (χ0n) is 13.8. The Morgan fingerprint density at radius 2 is 2.00 bits per heavy atom. The molecule has 0 unspecified atom stereocenters. The van der Waals surface area contributed by atoms with Gasteiger partial charge in [-0.15, -0.1) is 11.3 Å². The molecule has 0 aliphatic carbocycles. The number of hydrogen-bond donors (Lipinski definition) is 1. The van der Waals surface area contributed by atoms with E-state index in [0.29, 0.717) is 11.4 Å². The number of nitrogens with zero attached hydrogens (tertiary/aromatic N) is 3. The summed E-state index contributed by atoms with van der Waals surface area (Å²) < 4.78 is 1.77. The topological polar surface area (TPSA) is 67.2 Å². The fraction of sp³-hybridized carbons (Fsp3) is 0.167. The van der Waals surface area contributed by atoms with Crippen molar-refractivity contribution in [1.82, 2.24) is 20.0 Å². The molecule has 0 spiro atoms. The first-order chi connectivity index (χ1) is 12.1. The first kappa shape index (κ1) is 16.9. The molecule has 128 valence electrons. The zero-order chi connectivity index (χ0) is 17.6. The summed E-state index contributed by atoms with van der Waals surface area (Å²) in [7, 11) is 1.63. The van der Waals surface area contributed by atoms with E-state index in [0.717, 1.165) is 11.3 Å². The van der Waals surface area contributed by atoms with Crippen LogP contribution in [0.1, 0.15) is 15.2 Å². The fourth-order valence-corrected chi connectivity index (χ4v) is 3.04. The van der Waals surface area contributed by atoms with E-state index in [1.54, 1.807) is 24.0 Å². The maximum absolute atomic E-state index is 12.1. The van der Waals surface area contributed by atoms with Crippen LogP contribution in [0.15, 0.2) is 60.2 Å². The minimum atomic E-state index is -0.191. The number of rotatable bonds is 6. The predicted octanol–water partition coefficient (Wildman–Crippen LogP) is 2.32. The number of likely N-dealkylation sites (N-methyl/N-ethyl adjacent to an activating group) is 1. The lowest BCUT2D eigenvalue weighted by Gasteiger charge is -2.16. The van der Waals surface area contributed by atoms with E-state index in [4.69, 9.17) is 0 Å². The predicted molar refractivity (Wildman–Crippen MR) is 96.7 cm³/mol. The van der Waals surface area contributed by atoms with Gasteiger partial charge in [0.15, 0.2) is 0 Å². The van der Waals surface area contributed by atoms with Crippen molar-refractivity contribution in [2.24, 2.45) is 0 Å². The van der Waals surface area contributed by atoms with Crippen LogP contribution in [0, 0.1) is 0 Å². The molecule has 3 rings (SSSR count). The minimum absolute atomic E-state index is 0.0299. The fourth-order valence-electron chi connectivity index (χ4n) is 2.32. The van der Waals surface area contributed by atoms with Gasteiger partial charge in [0.1, 0.15) is 0 Å². The lowest BCUT2D eigenvalue weighted by molar-refractivity contribution is -0.121. The Labute approximate surface area is 149 Å². The average Bonchev–Trinajstić information content (AvgIpc) is 3.33. The average molecular weight is 354 g/mol. The molecule has 25 heavy (non-hydrogen) atoms. The maximum atomic E-state index is 12.1. The number of benzene rings is 1. The van der Waals surface area contributed by atoms with Crippen LogP contribution in [-0.2, 0) is 11.3 Å². The van der Waals surface area contributed by atoms with Crippen LogP contribution in [0.2, 0.25) is 0 Å². The van der Waals surface area contributed by atoms with Crippen molar-refractivity contribution in [3.63, 3.8) is 0 Å². The molecule has 2 amide bonds. The molecule has 0 saturated heterocycles. The van der Waals surface area contributed by atoms with Gasteiger partial charge in [-0.3, -0.25) is 9.59 Å². The summed E-state index contributed by atoms with van der Waals surface area (Å²) >= 11 is 1.37. The molecule has 0 radical (unpaired) electrons. The van der Waals surface area contributed by atoms with Gasteiger partial charge in [-0.25, -0.2) is 4.68 Å². The molecule has 1 N–H and O–H groups in total. The Kier molecular flexibility index (Phi) is 5.25. The molecule has 6 nitrogen and oxygen atoms in total.